The van der Waals surface area contributed by atoms with Gasteiger partial charge in [-0.15, -0.1) is 0 Å². The Hall–Kier alpha value is -2.66. The number of benzene rings is 1. The van der Waals surface area contributed by atoms with Gasteiger partial charge in [0, 0.05) is 50.2 Å². The van der Waals surface area contributed by atoms with Crippen LogP contribution >= 0.6 is 0 Å². The van der Waals surface area contributed by atoms with E-state index in [2.05, 4.69) is 45.7 Å². The van der Waals surface area contributed by atoms with E-state index in [0.29, 0.717) is 12.0 Å². The van der Waals surface area contributed by atoms with Crippen molar-refractivity contribution in [2.24, 2.45) is 5.92 Å². The lowest BCUT2D eigenvalue weighted by atomic mass is 9.95. The summed E-state index contributed by atoms with van der Waals surface area (Å²) in [5.74, 6) is 0.716. The molecule has 5 nitrogen and oxygen atoms in total. The molecule has 0 saturated carbocycles. The highest BCUT2D eigenvalue weighted by atomic mass is 16.2. The van der Waals surface area contributed by atoms with Gasteiger partial charge in [0.2, 0.25) is 0 Å². The largest absolute Gasteiger partial charge is 0.337 e. The van der Waals surface area contributed by atoms with Crippen LogP contribution in [0.1, 0.15) is 34.5 Å². The predicted molar refractivity (Wildman–Crippen MR) is 109 cm³/mol. The van der Waals surface area contributed by atoms with E-state index in [-0.39, 0.29) is 5.91 Å². The van der Waals surface area contributed by atoms with Crippen LogP contribution < -0.4 is 0 Å². The molecule has 5 heteroatoms. The van der Waals surface area contributed by atoms with Crippen molar-refractivity contribution in [3.05, 3.63) is 71.7 Å². The first kappa shape index (κ1) is 17.4. The van der Waals surface area contributed by atoms with Crippen molar-refractivity contribution >= 4 is 11.6 Å². The number of nitrogens with zero attached hydrogens (tertiary/aromatic N) is 4. The lowest BCUT2D eigenvalue weighted by Crippen LogP contribution is -2.44. The van der Waals surface area contributed by atoms with Gasteiger partial charge in [0.15, 0.2) is 0 Å². The molecule has 2 bridgehead atoms. The smallest absolute Gasteiger partial charge is 0.253 e. The lowest BCUT2D eigenvalue weighted by Gasteiger charge is -2.35. The predicted octanol–water partition coefficient (Wildman–Crippen LogP) is 3.38. The van der Waals surface area contributed by atoms with Crippen molar-refractivity contribution in [3.8, 4) is 0 Å². The molecule has 144 valence electrons. The standard InChI is InChI=1S/C23H26N4O/c1-17-7-10-22-24-20(15-26(22)11-17)14-25-12-18-8-9-21(25)16-27(13-18)23(28)19-5-3-2-4-6-19/h2-7,10-11,15,18,21H,8-9,12-14,16H2,1H3/t18-,21-/m1/s1. The van der Waals surface area contributed by atoms with Gasteiger partial charge in [0.1, 0.15) is 5.65 Å². The van der Waals surface area contributed by atoms with Gasteiger partial charge < -0.3 is 9.30 Å². The number of hydrogen-bond acceptors (Lipinski definition) is 3. The zero-order valence-corrected chi connectivity index (χ0v) is 16.3. The zero-order valence-electron chi connectivity index (χ0n) is 16.3. The van der Waals surface area contributed by atoms with Crippen molar-refractivity contribution in [1.29, 1.82) is 0 Å². The summed E-state index contributed by atoms with van der Waals surface area (Å²) in [7, 11) is 0. The number of pyridine rings is 1. The first-order valence-corrected chi connectivity index (χ1v) is 10.2. The maximum atomic E-state index is 13.0. The van der Waals surface area contributed by atoms with E-state index in [1.165, 1.54) is 12.0 Å². The van der Waals surface area contributed by atoms with E-state index in [1.807, 2.05) is 30.3 Å². The summed E-state index contributed by atoms with van der Waals surface area (Å²) in [4.78, 5) is 22.4. The van der Waals surface area contributed by atoms with Crippen LogP contribution in [0.5, 0.6) is 0 Å². The van der Waals surface area contributed by atoms with Crippen LogP contribution in [0, 0.1) is 12.8 Å². The Morgan fingerprint density at radius 3 is 2.75 bits per heavy atom. The second-order valence-electron chi connectivity index (χ2n) is 8.31. The summed E-state index contributed by atoms with van der Waals surface area (Å²) in [6.07, 6.45) is 6.65. The summed E-state index contributed by atoms with van der Waals surface area (Å²) >= 11 is 0. The van der Waals surface area contributed by atoms with Crippen LogP contribution in [-0.4, -0.2) is 50.8 Å². The normalized spacial score (nSPS) is 22.5. The van der Waals surface area contributed by atoms with Gasteiger partial charge in [-0.25, -0.2) is 4.98 Å². The van der Waals surface area contributed by atoms with Gasteiger partial charge in [-0.1, -0.05) is 24.3 Å². The van der Waals surface area contributed by atoms with Crippen molar-refractivity contribution in [2.45, 2.75) is 32.4 Å². The number of imidazole rings is 1. The molecule has 0 unspecified atom stereocenters. The van der Waals surface area contributed by atoms with Gasteiger partial charge in [-0.05, 0) is 49.4 Å². The molecule has 28 heavy (non-hydrogen) atoms. The van der Waals surface area contributed by atoms with E-state index in [1.54, 1.807) is 0 Å². The average molecular weight is 374 g/mol. The Labute approximate surface area is 165 Å². The highest BCUT2D eigenvalue weighted by Crippen LogP contribution is 2.30. The number of piperidine rings is 1. The van der Waals surface area contributed by atoms with Gasteiger partial charge in [0.05, 0.1) is 5.69 Å². The average Bonchev–Trinajstić information content (AvgIpc) is 2.88. The minimum Gasteiger partial charge on any atom is -0.337 e. The van der Waals surface area contributed by atoms with Gasteiger partial charge in [0.25, 0.3) is 5.91 Å². The van der Waals surface area contributed by atoms with E-state index in [0.717, 1.165) is 49.5 Å². The Balaban J connectivity index is 1.34. The Morgan fingerprint density at radius 1 is 1.04 bits per heavy atom. The Morgan fingerprint density at radius 2 is 1.89 bits per heavy atom. The van der Waals surface area contributed by atoms with Crippen molar-refractivity contribution < 1.29 is 4.79 Å². The Bertz CT molecular complexity index is 996. The molecule has 3 aromatic rings. The fourth-order valence-corrected chi connectivity index (χ4v) is 4.74. The SMILES string of the molecule is Cc1ccc2nc(CN3C[C@H]4CC[C@@H]3CN(C(=O)c3ccccc3)C4)cn2c1. The topological polar surface area (TPSA) is 40.9 Å². The maximum absolute atomic E-state index is 13.0. The van der Waals surface area contributed by atoms with Crippen LogP contribution in [0.15, 0.2) is 54.9 Å². The number of amides is 1. The molecule has 1 aromatic carbocycles. The van der Waals surface area contributed by atoms with Crippen LogP contribution in [0.3, 0.4) is 0 Å². The molecule has 5 heterocycles. The van der Waals surface area contributed by atoms with Gasteiger partial charge in [-0.2, -0.15) is 0 Å². The van der Waals surface area contributed by atoms with Crippen molar-refractivity contribution in [2.75, 3.05) is 19.6 Å². The van der Waals surface area contributed by atoms with Crippen molar-refractivity contribution in [1.82, 2.24) is 19.2 Å². The minimum atomic E-state index is 0.169. The number of hydrogen-bond donors (Lipinski definition) is 0. The summed E-state index contributed by atoms with van der Waals surface area (Å²) < 4.78 is 2.12. The fraction of sp³-hybridized carbons (Fsp3) is 0.391. The van der Waals surface area contributed by atoms with E-state index in [9.17, 15) is 4.79 Å². The number of rotatable bonds is 3. The summed E-state index contributed by atoms with van der Waals surface area (Å²) in [5, 5.41) is 0. The molecule has 2 aromatic heterocycles. The lowest BCUT2D eigenvalue weighted by molar-refractivity contribution is 0.0735. The third-order valence-electron chi connectivity index (χ3n) is 6.15. The molecule has 3 aliphatic rings. The molecule has 3 fully saturated rings. The van der Waals surface area contributed by atoms with Crippen LogP contribution in [0.4, 0.5) is 0 Å². The number of aromatic nitrogens is 2. The van der Waals surface area contributed by atoms with E-state index < -0.39 is 0 Å². The van der Waals surface area contributed by atoms with Crippen LogP contribution in [0.25, 0.3) is 5.65 Å². The third kappa shape index (κ3) is 3.31. The Kier molecular flexibility index (Phi) is 4.40. The molecule has 3 aliphatic heterocycles. The molecule has 3 saturated heterocycles. The number of carbonyl (C=O) groups is 1. The zero-order chi connectivity index (χ0) is 19.1. The third-order valence-corrected chi connectivity index (χ3v) is 6.15. The summed E-state index contributed by atoms with van der Waals surface area (Å²) in [6.45, 7) is 5.69. The summed E-state index contributed by atoms with van der Waals surface area (Å²) in [5.41, 5.74) is 4.15. The maximum Gasteiger partial charge on any atom is 0.253 e. The number of carbonyl (C=O) groups excluding carboxylic acids is 1. The van der Waals surface area contributed by atoms with Gasteiger partial charge in [-0.3, -0.25) is 9.69 Å². The number of fused-ring (bicyclic) bond motifs is 5. The van der Waals surface area contributed by atoms with Crippen LogP contribution in [-0.2, 0) is 6.54 Å². The van der Waals surface area contributed by atoms with E-state index in [4.69, 9.17) is 4.98 Å². The second-order valence-corrected chi connectivity index (χ2v) is 8.31. The highest BCUT2D eigenvalue weighted by molar-refractivity contribution is 5.94. The summed E-state index contributed by atoms with van der Waals surface area (Å²) in [6, 6.07) is 14.3. The quantitative estimate of drug-likeness (QED) is 0.706. The molecule has 1 amide bonds. The van der Waals surface area contributed by atoms with Gasteiger partial charge >= 0.3 is 0 Å². The fourth-order valence-electron chi connectivity index (χ4n) is 4.74. The molecule has 0 radical (unpaired) electrons. The second kappa shape index (κ2) is 7.06. The molecule has 2 atom stereocenters. The molecule has 6 rings (SSSR count). The first-order chi connectivity index (χ1) is 13.7. The molecule has 0 N–H and O–H groups in total. The molecular weight excluding hydrogens is 348 g/mol. The molecule has 0 aliphatic carbocycles. The van der Waals surface area contributed by atoms with Crippen molar-refractivity contribution in [3.63, 3.8) is 0 Å². The number of aryl methyl sites for hydroxylation is 1. The molecular formula is C23H26N4O. The van der Waals surface area contributed by atoms with Crippen LogP contribution in [0.2, 0.25) is 0 Å². The van der Waals surface area contributed by atoms with E-state index >= 15 is 0 Å². The molecule has 0 spiro atoms. The highest BCUT2D eigenvalue weighted by Gasteiger charge is 2.36. The monoisotopic (exact) mass is 374 g/mol. The first-order valence-electron chi connectivity index (χ1n) is 10.2. The minimum absolute atomic E-state index is 0.169.